The quantitative estimate of drug-likeness (QED) is 0.481. The van der Waals surface area contributed by atoms with Crippen LogP contribution in [0, 0.1) is 10.1 Å². The molecule has 0 heterocycles. The lowest BCUT2D eigenvalue weighted by Gasteiger charge is -2.13. The summed E-state index contributed by atoms with van der Waals surface area (Å²) in [7, 11) is -4.81. The number of nitro groups is 1. The summed E-state index contributed by atoms with van der Waals surface area (Å²) in [5.41, 5.74) is -1.84. The summed E-state index contributed by atoms with van der Waals surface area (Å²) in [5.74, 6) is -0.462. The molecule has 23 heavy (non-hydrogen) atoms. The van der Waals surface area contributed by atoms with Crippen molar-refractivity contribution >= 4 is 15.8 Å². The molecule has 2 aromatic rings. The van der Waals surface area contributed by atoms with Gasteiger partial charge < -0.3 is 4.18 Å². The molecule has 0 saturated heterocycles. The van der Waals surface area contributed by atoms with Gasteiger partial charge in [0.15, 0.2) is 0 Å². The zero-order valence-corrected chi connectivity index (χ0v) is 12.0. The largest absolute Gasteiger partial charge is 0.417 e. The molecule has 122 valence electrons. The fourth-order valence-electron chi connectivity index (χ4n) is 1.74. The van der Waals surface area contributed by atoms with Gasteiger partial charge in [-0.15, -0.1) is 0 Å². The summed E-state index contributed by atoms with van der Waals surface area (Å²) < 4.78 is 67.3. The Morgan fingerprint density at radius 3 is 2.30 bits per heavy atom. The van der Waals surface area contributed by atoms with Crippen LogP contribution < -0.4 is 4.18 Å². The SMILES string of the molecule is O=[N+]([O-])c1cccc(OS(=O)(=O)c2ccccc2C(F)(F)F)c1. The van der Waals surface area contributed by atoms with E-state index in [1.807, 2.05) is 0 Å². The Hall–Kier alpha value is -2.62. The van der Waals surface area contributed by atoms with E-state index in [9.17, 15) is 31.7 Å². The molecule has 6 nitrogen and oxygen atoms in total. The Labute approximate surface area is 128 Å². The van der Waals surface area contributed by atoms with Crippen molar-refractivity contribution in [3.63, 3.8) is 0 Å². The molecule has 0 unspecified atom stereocenters. The Bertz CT molecular complexity index is 849. The molecule has 0 bridgehead atoms. The zero-order valence-electron chi connectivity index (χ0n) is 11.1. The van der Waals surface area contributed by atoms with Crippen molar-refractivity contribution < 1.29 is 30.7 Å². The smallest absolute Gasteiger partial charge is 0.379 e. The van der Waals surface area contributed by atoms with Crippen molar-refractivity contribution in [1.82, 2.24) is 0 Å². The van der Waals surface area contributed by atoms with E-state index in [0.29, 0.717) is 6.07 Å². The van der Waals surface area contributed by atoms with Gasteiger partial charge in [-0.1, -0.05) is 18.2 Å². The Balaban J connectivity index is 2.45. The Kier molecular flexibility index (Phi) is 4.28. The molecule has 0 saturated carbocycles. The number of hydrogen-bond acceptors (Lipinski definition) is 5. The first-order valence-corrected chi connectivity index (χ1v) is 7.37. The van der Waals surface area contributed by atoms with Crippen molar-refractivity contribution in [1.29, 1.82) is 0 Å². The minimum atomic E-state index is -4.89. The van der Waals surface area contributed by atoms with Gasteiger partial charge in [0.05, 0.1) is 16.6 Å². The van der Waals surface area contributed by atoms with Crippen LogP contribution in [0.1, 0.15) is 5.56 Å². The van der Waals surface area contributed by atoms with Crippen molar-refractivity contribution in [2.45, 2.75) is 11.1 Å². The fraction of sp³-hybridized carbons (Fsp3) is 0.0769. The molecule has 0 aliphatic carbocycles. The highest BCUT2D eigenvalue weighted by Crippen LogP contribution is 2.35. The standard InChI is InChI=1S/C13H8F3NO5S/c14-13(15,16)11-6-1-2-7-12(11)23(20,21)22-10-5-3-4-9(8-10)17(18)19/h1-8H. The number of nitro benzene ring substituents is 1. The second kappa shape index (κ2) is 5.88. The molecule has 2 rings (SSSR count). The Morgan fingerprint density at radius 2 is 1.70 bits per heavy atom. The second-order valence-electron chi connectivity index (χ2n) is 4.29. The number of non-ortho nitro benzene ring substituents is 1. The van der Waals surface area contributed by atoms with E-state index in [2.05, 4.69) is 4.18 Å². The summed E-state index contributed by atoms with van der Waals surface area (Å²) in [6, 6.07) is 7.61. The van der Waals surface area contributed by atoms with Gasteiger partial charge in [-0.25, -0.2) is 0 Å². The molecular formula is C13H8F3NO5S. The zero-order chi connectivity index (χ0) is 17.3. The predicted molar refractivity (Wildman–Crippen MR) is 72.4 cm³/mol. The topological polar surface area (TPSA) is 86.5 Å². The number of halogens is 3. The monoisotopic (exact) mass is 347 g/mol. The molecule has 10 heteroatoms. The van der Waals surface area contributed by atoms with Crippen LogP contribution in [0.3, 0.4) is 0 Å². The van der Waals surface area contributed by atoms with Crippen LogP contribution in [-0.2, 0) is 16.3 Å². The van der Waals surface area contributed by atoms with E-state index in [4.69, 9.17) is 0 Å². The summed E-state index contributed by atoms with van der Waals surface area (Å²) in [6.07, 6.45) is -4.89. The summed E-state index contributed by atoms with van der Waals surface area (Å²) in [6.45, 7) is 0. The van der Waals surface area contributed by atoms with E-state index in [1.165, 1.54) is 0 Å². The number of nitrogens with zero attached hydrogens (tertiary/aromatic N) is 1. The lowest BCUT2D eigenvalue weighted by atomic mass is 10.2. The molecular weight excluding hydrogens is 339 g/mol. The van der Waals surface area contributed by atoms with Crippen LogP contribution in [0.5, 0.6) is 5.75 Å². The van der Waals surface area contributed by atoms with Gasteiger partial charge in [0.25, 0.3) is 5.69 Å². The molecule has 0 spiro atoms. The first kappa shape index (κ1) is 16.7. The van der Waals surface area contributed by atoms with Crippen LogP contribution in [0.25, 0.3) is 0 Å². The first-order chi connectivity index (χ1) is 10.6. The van der Waals surface area contributed by atoms with Crippen molar-refractivity contribution in [2.24, 2.45) is 0 Å². The van der Waals surface area contributed by atoms with Crippen molar-refractivity contribution in [3.05, 3.63) is 64.2 Å². The van der Waals surface area contributed by atoms with Crippen LogP contribution in [0.15, 0.2) is 53.4 Å². The molecule has 2 aromatic carbocycles. The minimum absolute atomic E-state index is 0.457. The molecule has 0 radical (unpaired) electrons. The van der Waals surface area contributed by atoms with E-state index in [1.54, 1.807) is 0 Å². The van der Waals surface area contributed by atoms with Crippen LogP contribution >= 0.6 is 0 Å². The molecule has 0 fully saturated rings. The summed E-state index contributed by atoms with van der Waals surface area (Å²) >= 11 is 0. The molecule has 0 aliphatic heterocycles. The maximum absolute atomic E-state index is 12.9. The second-order valence-corrected chi connectivity index (χ2v) is 5.80. The van der Waals surface area contributed by atoms with Gasteiger partial charge in [-0.05, 0) is 18.2 Å². The van der Waals surface area contributed by atoms with Gasteiger partial charge in [0.1, 0.15) is 10.6 Å². The predicted octanol–water partition coefficient (Wildman–Crippen LogP) is 3.38. The third kappa shape index (κ3) is 3.77. The van der Waals surface area contributed by atoms with E-state index < -0.39 is 43.1 Å². The Morgan fingerprint density at radius 1 is 1.04 bits per heavy atom. The summed E-state index contributed by atoms with van der Waals surface area (Å²) in [5, 5.41) is 10.6. The number of hydrogen-bond donors (Lipinski definition) is 0. The van der Waals surface area contributed by atoms with Crippen molar-refractivity contribution in [3.8, 4) is 5.75 Å². The highest BCUT2D eigenvalue weighted by Gasteiger charge is 2.37. The normalized spacial score (nSPS) is 12.0. The van der Waals surface area contributed by atoms with E-state index in [0.717, 1.165) is 42.5 Å². The molecule has 0 aliphatic rings. The number of benzene rings is 2. The van der Waals surface area contributed by atoms with Gasteiger partial charge in [-0.3, -0.25) is 10.1 Å². The number of rotatable bonds is 4. The average Bonchev–Trinajstić information content (AvgIpc) is 2.46. The van der Waals surface area contributed by atoms with Crippen LogP contribution in [-0.4, -0.2) is 13.3 Å². The van der Waals surface area contributed by atoms with Gasteiger partial charge in [-0.2, -0.15) is 21.6 Å². The molecule has 0 aromatic heterocycles. The van der Waals surface area contributed by atoms with Crippen LogP contribution in [0.2, 0.25) is 0 Å². The third-order valence-corrected chi connectivity index (χ3v) is 4.00. The fourth-order valence-corrected chi connectivity index (χ4v) is 2.88. The lowest BCUT2D eigenvalue weighted by Crippen LogP contribution is -2.17. The highest BCUT2D eigenvalue weighted by molar-refractivity contribution is 7.87. The van der Waals surface area contributed by atoms with Crippen LogP contribution in [0.4, 0.5) is 18.9 Å². The van der Waals surface area contributed by atoms with Crippen molar-refractivity contribution in [2.75, 3.05) is 0 Å². The highest BCUT2D eigenvalue weighted by atomic mass is 32.2. The molecule has 0 atom stereocenters. The minimum Gasteiger partial charge on any atom is -0.379 e. The van der Waals surface area contributed by atoms with E-state index in [-0.39, 0.29) is 0 Å². The van der Waals surface area contributed by atoms with Gasteiger partial charge >= 0.3 is 16.3 Å². The maximum Gasteiger partial charge on any atom is 0.417 e. The first-order valence-electron chi connectivity index (χ1n) is 5.96. The maximum atomic E-state index is 12.9. The molecule has 0 amide bonds. The third-order valence-electron chi connectivity index (χ3n) is 2.70. The van der Waals surface area contributed by atoms with E-state index >= 15 is 0 Å². The summed E-state index contributed by atoms with van der Waals surface area (Å²) in [4.78, 5) is 8.77. The average molecular weight is 347 g/mol. The number of alkyl halides is 3. The molecule has 0 N–H and O–H groups in total. The van der Waals surface area contributed by atoms with Gasteiger partial charge in [0, 0.05) is 6.07 Å². The van der Waals surface area contributed by atoms with Gasteiger partial charge in [0.2, 0.25) is 0 Å². The lowest BCUT2D eigenvalue weighted by molar-refractivity contribution is -0.384.